The molecular formula is C13H21F3N2O3. The molecule has 8 heteroatoms. The molecule has 0 aliphatic rings. The molecule has 0 fully saturated rings. The normalized spacial score (nSPS) is 12.0. The summed E-state index contributed by atoms with van der Waals surface area (Å²) in [5.41, 5.74) is -0.977. The number of imidazole rings is 1. The van der Waals surface area contributed by atoms with E-state index in [1.807, 2.05) is 6.92 Å². The number of aryl methyl sites for hydroxylation is 1. The Morgan fingerprint density at radius 3 is 2.57 bits per heavy atom. The number of ether oxygens (including phenoxy) is 3. The van der Waals surface area contributed by atoms with Crippen molar-refractivity contribution in [1.82, 2.24) is 9.97 Å². The number of nitrogens with zero attached hydrogens (tertiary/aromatic N) is 1. The summed E-state index contributed by atoms with van der Waals surface area (Å²) in [4.78, 5) is 6.31. The van der Waals surface area contributed by atoms with Crippen molar-refractivity contribution >= 4 is 0 Å². The predicted octanol–water partition coefficient (Wildman–Crippen LogP) is 2.91. The quantitative estimate of drug-likeness (QED) is 0.533. The molecule has 0 radical (unpaired) electrons. The second-order valence-corrected chi connectivity index (χ2v) is 4.48. The van der Waals surface area contributed by atoms with Gasteiger partial charge in [-0.15, -0.1) is 0 Å². The Bertz CT molecular complexity index is 408. The van der Waals surface area contributed by atoms with Gasteiger partial charge in [0.25, 0.3) is 0 Å². The molecule has 0 saturated carbocycles. The number of halogens is 3. The first kappa shape index (κ1) is 17.9. The number of hydrogen-bond donors (Lipinski definition) is 1. The van der Waals surface area contributed by atoms with Gasteiger partial charge < -0.3 is 19.2 Å². The van der Waals surface area contributed by atoms with Gasteiger partial charge in [0.15, 0.2) is 5.69 Å². The van der Waals surface area contributed by atoms with Gasteiger partial charge in [-0.3, -0.25) is 0 Å². The number of rotatable bonds is 10. The Kier molecular flexibility index (Phi) is 7.69. The molecule has 5 nitrogen and oxygen atoms in total. The highest BCUT2D eigenvalue weighted by molar-refractivity contribution is 5.17. The number of unbranched alkanes of at least 4 members (excludes halogenated alkanes) is 1. The zero-order valence-electron chi connectivity index (χ0n) is 12.3. The number of methoxy groups -OCH3 is 1. The summed E-state index contributed by atoms with van der Waals surface area (Å²) in [6.07, 6.45) is -2.33. The third-order valence-corrected chi connectivity index (χ3v) is 2.71. The van der Waals surface area contributed by atoms with Crippen molar-refractivity contribution in [2.75, 3.05) is 27.1 Å². The molecule has 21 heavy (non-hydrogen) atoms. The average molecular weight is 310 g/mol. The molecule has 122 valence electrons. The number of alkyl halides is 3. The summed E-state index contributed by atoms with van der Waals surface area (Å²) in [7, 11) is 1.53. The number of nitrogens with one attached hydrogen (secondary N) is 1. The molecule has 0 spiro atoms. The van der Waals surface area contributed by atoms with Gasteiger partial charge in [0, 0.05) is 13.5 Å². The van der Waals surface area contributed by atoms with Gasteiger partial charge in [0.05, 0.1) is 25.5 Å². The molecule has 0 unspecified atom stereocenters. The van der Waals surface area contributed by atoms with Gasteiger partial charge in [0.1, 0.15) is 12.6 Å². The maximum atomic E-state index is 12.9. The smallest absolute Gasteiger partial charge is 0.382 e. The zero-order valence-corrected chi connectivity index (χ0v) is 12.3. The van der Waals surface area contributed by atoms with E-state index in [2.05, 4.69) is 9.97 Å². The van der Waals surface area contributed by atoms with Crippen LogP contribution in [0.15, 0.2) is 0 Å². The van der Waals surface area contributed by atoms with Gasteiger partial charge in [-0.05, 0) is 6.42 Å². The van der Waals surface area contributed by atoms with Crippen LogP contribution in [-0.4, -0.2) is 37.1 Å². The highest BCUT2D eigenvalue weighted by Gasteiger charge is 2.37. The Morgan fingerprint density at radius 2 is 1.95 bits per heavy atom. The van der Waals surface area contributed by atoms with Crippen LogP contribution >= 0.6 is 0 Å². The molecule has 0 amide bonds. The molecule has 1 N–H and O–H groups in total. The lowest BCUT2D eigenvalue weighted by atomic mass is 10.2. The second kappa shape index (κ2) is 9.01. The predicted molar refractivity (Wildman–Crippen MR) is 69.7 cm³/mol. The fraction of sp³-hybridized carbons (Fsp3) is 0.769. The lowest BCUT2D eigenvalue weighted by Gasteiger charge is -2.07. The topological polar surface area (TPSA) is 56.4 Å². The maximum absolute atomic E-state index is 12.9. The van der Waals surface area contributed by atoms with Crippen molar-refractivity contribution in [1.29, 1.82) is 0 Å². The molecule has 0 bridgehead atoms. The summed E-state index contributed by atoms with van der Waals surface area (Å²) in [5.74, 6) is 0.336. The van der Waals surface area contributed by atoms with E-state index in [0.29, 0.717) is 25.5 Å². The summed E-state index contributed by atoms with van der Waals surface area (Å²) in [6, 6.07) is 0. The molecule has 1 aromatic heterocycles. The molecule has 1 rings (SSSR count). The highest BCUT2D eigenvalue weighted by Crippen LogP contribution is 2.31. The Balaban J connectivity index is 2.55. The van der Waals surface area contributed by atoms with E-state index in [1.165, 1.54) is 7.11 Å². The van der Waals surface area contributed by atoms with Crippen molar-refractivity contribution in [3.63, 3.8) is 0 Å². The molecule has 0 aliphatic heterocycles. The first-order valence-corrected chi connectivity index (χ1v) is 6.78. The van der Waals surface area contributed by atoms with Gasteiger partial charge >= 0.3 is 6.18 Å². The summed E-state index contributed by atoms with van der Waals surface area (Å²) < 4.78 is 53.5. The molecular weight excluding hydrogens is 289 g/mol. The Labute approximate surface area is 121 Å². The molecule has 1 aromatic rings. The molecule has 0 atom stereocenters. The SMILES string of the molecule is CCCCc1nc(C(F)(F)F)c(COCOCCOC)[nH]1. The van der Waals surface area contributed by atoms with E-state index in [0.717, 1.165) is 12.8 Å². The monoisotopic (exact) mass is 310 g/mol. The lowest BCUT2D eigenvalue weighted by Crippen LogP contribution is -2.11. The second-order valence-electron chi connectivity index (χ2n) is 4.48. The number of H-pyrrole nitrogens is 1. The summed E-state index contributed by atoms with van der Waals surface area (Å²) in [5, 5.41) is 0. The first-order chi connectivity index (χ1) is 9.99. The van der Waals surface area contributed by atoms with Crippen LogP contribution in [0.5, 0.6) is 0 Å². The Morgan fingerprint density at radius 1 is 1.19 bits per heavy atom. The molecule has 0 saturated heterocycles. The molecule has 0 aromatic carbocycles. The standard InChI is InChI=1S/C13H21F3N2O3/c1-3-4-5-11-17-10(12(18-11)13(14,15)16)8-21-9-20-7-6-19-2/h3-9H2,1-2H3,(H,17,18). The molecule has 0 aliphatic carbocycles. The van der Waals surface area contributed by atoms with Crippen LogP contribution < -0.4 is 0 Å². The van der Waals surface area contributed by atoms with Gasteiger partial charge in [-0.1, -0.05) is 13.3 Å². The number of aromatic nitrogens is 2. The highest BCUT2D eigenvalue weighted by atomic mass is 19.4. The van der Waals surface area contributed by atoms with Crippen molar-refractivity contribution < 1.29 is 27.4 Å². The first-order valence-electron chi connectivity index (χ1n) is 6.78. The summed E-state index contributed by atoms with van der Waals surface area (Å²) in [6.45, 7) is 2.38. The number of aromatic amines is 1. The van der Waals surface area contributed by atoms with E-state index in [1.54, 1.807) is 0 Å². The van der Waals surface area contributed by atoms with Crippen LogP contribution in [0.25, 0.3) is 0 Å². The van der Waals surface area contributed by atoms with Crippen molar-refractivity contribution in [2.24, 2.45) is 0 Å². The third kappa shape index (κ3) is 6.45. The third-order valence-electron chi connectivity index (χ3n) is 2.71. The van der Waals surface area contributed by atoms with Gasteiger partial charge in [-0.2, -0.15) is 13.2 Å². The van der Waals surface area contributed by atoms with Gasteiger partial charge in [-0.25, -0.2) is 4.98 Å². The minimum Gasteiger partial charge on any atom is -0.382 e. The van der Waals surface area contributed by atoms with Crippen LogP contribution in [0.3, 0.4) is 0 Å². The van der Waals surface area contributed by atoms with Crippen molar-refractivity contribution in [2.45, 2.75) is 39.0 Å². The van der Waals surface area contributed by atoms with E-state index in [-0.39, 0.29) is 19.1 Å². The van der Waals surface area contributed by atoms with Crippen LogP contribution in [-0.2, 0) is 33.4 Å². The minimum atomic E-state index is -4.49. The zero-order chi connectivity index (χ0) is 15.7. The average Bonchev–Trinajstić information content (AvgIpc) is 2.83. The fourth-order valence-electron chi connectivity index (χ4n) is 1.67. The van der Waals surface area contributed by atoms with Crippen LogP contribution in [0.1, 0.15) is 37.0 Å². The number of hydrogen-bond acceptors (Lipinski definition) is 4. The van der Waals surface area contributed by atoms with E-state index in [4.69, 9.17) is 14.2 Å². The fourth-order valence-corrected chi connectivity index (χ4v) is 1.67. The summed E-state index contributed by atoms with van der Waals surface area (Å²) >= 11 is 0. The van der Waals surface area contributed by atoms with Gasteiger partial charge in [0.2, 0.25) is 0 Å². The van der Waals surface area contributed by atoms with E-state index >= 15 is 0 Å². The Hall–Kier alpha value is -1.12. The largest absolute Gasteiger partial charge is 0.435 e. The minimum absolute atomic E-state index is 0.0658. The van der Waals surface area contributed by atoms with Crippen molar-refractivity contribution in [3.05, 3.63) is 17.2 Å². The van der Waals surface area contributed by atoms with Crippen LogP contribution in [0.4, 0.5) is 13.2 Å². The molecule has 1 heterocycles. The van der Waals surface area contributed by atoms with E-state index in [9.17, 15) is 13.2 Å². The lowest BCUT2D eigenvalue weighted by molar-refractivity contribution is -0.143. The van der Waals surface area contributed by atoms with Crippen LogP contribution in [0, 0.1) is 0 Å². The maximum Gasteiger partial charge on any atom is 0.435 e. The van der Waals surface area contributed by atoms with E-state index < -0.39 is 11.9 Å². The van der Waals surface area contributed by atoms with Crippen molar-refractivity contribution in [3.8, 4) is 0 Å². The van der Waals surface area contributed by atoms with Crippen LogP contribution in [0.2, 0.25) is 0 Å².